The maximum absolute atomic E-state index is 12.3. The number of nitrogens with one attached hydrogen (secondary N) is 1. The molecule has 0 aliphatic carbocycles. The van der Waals surface area contributed by atoms with E-state index in [1.54, 1.807) is 18.0 Å². The van der Waals surface area contributed by atoms with Crippen molar-refractivity contribution >= 4 is 5.91 Å². The number of amides is 1. The van der Waals surface area contributed by atoms with Crippen LogP contribution in [-0.2, 0) is 6.54 Å². The van der Waals surface area contributed by atoms with Gasteiger partial charge in [-0.2, -0.15) is 0 Å². The summed E-state index contributed by atoms with van der Waals surface area (Å²) < 4.78 is 12.2. The van der Waals surface area contributed by atoms with Crippen LogP contribution in [0.15, 0.2) is 54.7 Å². The maximum atomic E-state index is 12.3. The Morgan fingerprint density at radius 1 is 1.15 bits per heavy atom. The van der Waals surface area contributed by atoms with Gasteiger partial charge in [0, 0.05) is 12.1 Å². The van der Waals surface area contributed by atoms with Crippen LogP contribution in [0.4, 0.5) is 0 Å². The van der Waals surface area contributed by atoms with Crippen molar-refractivity contribution in [2.45, 2.75) is 13.5 Å². The number of para-hydroxylation sites is 1. The minimum absolute atomic E-state index is 0.245. The first-order valence-corrected chi connectivity index (χ1v) is 8.27. The second-order valence-corrected chi connectivity index (χ2v) is 5.47. The van der Waals surface area contributed by atoms with Gasteiger partial charge < -0.3 is 14.8 Å². The smallest absolute Gasteiger partial charge is 0.273 e. The Labute approximate surface area is 151 Å². The van der Waals surface area contributed by atoms with E-state index in [-0.39, 0.29) is 11.6 Å². The first kappa shape index (κ1) is 17.5. The number of carbonyl (C=O) groups excluding carboxylic acids is 1. The molecule has 3 aromatic rings. The molecule has 0 aliphatic rings. The van der Waals surface area contributed by atoms with Crippen molar-refractivity contribution in [1.29, 1.82) is 0 Å². The van der Waals surface area contributed by atoms with E-state index in [2.05, 4.69) is 15.6 Å². The quantitative estimate of drug-likeness (QED) is 0.707. The highest BCUT2D eigenvalue weighted by Crippen LogP contribution is 2.18. The number of nitrogens with zero attached hydrogens (tertiary/aromatic N) is 3. The SMILES string of the molecule is CCOc1ccccc1CNC(=O)c1cn(-c2ccc(OC)cc2)nn1. The van der Waals surface area contributed by atoms with E-state index in [1.165, 1.54) is 0 Å². The van der Waals surface area contributed by atoms with E-state index in [0.717, 1.165) is 22.7 Å². The molecule has 1 amide bonds. The molecule has 3 rings (SSSR count). The second-order valence-electron chi connectivity index (χ2n) is 5.47. The average molecular weight is 352 g/mol. The Bertz CT molecular complexity index is 875. The van der Waals surface area contributed by atoms with E-state index in [1.807, 2.05) is 55.5 Å². The zero-order valence-corrected chi connectivity index (χ0v) is 14.7. The molecule has 0 unspecified atom stereocenters. The van der Waals surface area contributed by atoms with Crippen molar-refractivity contribution in [2.75, 3.05) is 13.7 Å². The fourth-order valence-corrected chi connectivity index (χ4v) is 2.44. The van der Waals surface area contributed by atoms with Crippen molar-refractivity contribution in [3.05, 3.63) is 66.0 Å². The molecule has 0 spiro atoms. The Hall–Kier alpha value is -3.35. The summed E-state index contributed by atoms with van der Waals surface area (Å²) >= 11 is 0. The molecule has 0 saturated heterocycles. The summed E-state index contributed by atoms with van der Waals surface area (Å²) in [7, 11) is 1.61. The van der Waals surface area contributed by atoms with Crippen LogP contribution in [-0.4, -0.2) is 34.6 Å². The molecule has 0 saturated carbocycles. The summed E-state index contributed by atoms with van der Waals surface area (Å²) in [4.78, 5) is 12.3. The van der Waals surface area contributed by atoms with Crippen LogP contribution in [0.2, 0.25) is 0 Å². The number of aromatic nitrogens is 3. The predicted molar refractivity (Wildman–Crippen MR) is 96.7 cm³/mol. The normalized spacial score (nSPS) is 10.4. The summed E-state index contributed by atoms with van der Waals surface area (Å²) in [6.45, 7) is 2.85. The van der Waals surface area contributed by atoms with Gasteiger partial charge in [0.15, 0.2) is 5.69 Å². The lowest BCUT2D eigenvalue weighted by molar-refractivity contribution is 0.0945. The van der Waals surface area contributed by atoms with Crippen molar-refractivity contribution in [1.82, 2.24) is 20.3 Å². The molecule has 1 aromatic heterocycles. The van der Waals surface area contributed by atoms with Gasteiger partial charge in [-0.15, -0.1) is 5.10 Å². The van der Waals surface area contributed by atoms with Gasteiger partial charge in [0.05, 0.1) is 25.6 Å². The van der Waals surface area contributed by atoms with Crippen molar-refractivity contribution < 1.29 is 14.3 Å². The number of carbonyl (C=O) groups is 1. The third kappa shape index (κ3) is 4.00. The topological polar surface area (TPSA) is 78.3 Å². The fourth-order valence-electron chi connectivity index (χ4n) is 2.44. The molecule has 0 atom stereocenters. The van der Waals surface area contributed by atoms with Gasteiger partial charge in [0.2, 0.25) is 0 Å². The number of hydrogen-bond acceptors (Lipinski definition) is 5. The van der Waals surface area contributed by atoms with Crippen LogP contribution in [0.3, 0.4) is 0 Å². The molecule has 7 nitrogen and oxygen atoms in total. The number of methoxy groups -OCH3 is 1. The van der Waals surface area contributed by atoms with Crippen LogP contribution in [0.5, 0.6) is 11.5 Å². The molecule has 0 aliphatic heterocycles. The lowest BCUT2D eigenvalue weighted by Gasteiger charge is -2.10. The molecule has 26 heavy (non-hydrogen) atoms. The number of hydrogen-bond donors (Lipinski definition) is 1. The average Bonchev–Trinajstić information content (AvgIpc) is 3.18. The van der Waals surface area contributed by atoms with Gasteiger partial charge in [0.25, 0.3) is 5.91 Å². The van der Waals surface area contributed by atoms with Gasteiger partial charge in [-0.3, -0.25) is 4.79 Å². The first-order chi connectivity index (χ1) is 12.7. The number of ether oxygens (including phenoxy) is 2. The Morgan fingerprint density at radius 3 is 2.65 bits per heavy atom. The van der Waals surface area contributed by atoms with Crippen molar-refractivity contribution in [2.24, 2.45) is 0 Å². The number of rotatable bonds is 7. The molecule has 1 heterocycles. The number of benzene rings is 2. The van der Waals surface area contributed by atoms with Gasteiger partial charge in [-0.1, -0.05) is 23.4 Å². The summed E-state index contributed by atoms with van der Waals surface area (Å²) in [5.74, 6) is 1.22. The summed E-state index contributed by atoms with van der Waals surface area (Å²) in [5, 5.41) is 10.8. The highest BCUT2D eigenvalue weighted by atomic mass is 16.5. The van der Waals surface area contributed by atoms with Crippen LogP contribution in [0, 0.1) is 0 Å². The summed E-state index contributed by atoms with van der Waals surface area (Å²) in [6.07, 6.45) is 1.59. The third-order valence-electron chi connectivity index (χ3n) is 3.77. The lowest BCUT2D eigenvalue weighted by Crippen LogP contribution is -2.23. The van der Waals surface area contributed by atoms with E-state index in [0.29, 0.717) is 13.2 Å². The molecule has 0 bridgehead atoms. The monoisotopic (exact) mass is 352 g/mol. The minimum atomic E-state index is -0.295. The summed E-state index contributed by atoms with van der Waals surface area (Å²) in [6, 6.07) is 14.9. The Kier molecular flexibility index (Phi) is 5.48. The Morgan fingerprint density at radius 2 is 1.92 bits per heavy atom. The standard InChI is InChI=1S/C19H20N4O3/c1-3-26-18-7-5-4-6-14(18)12-20-19(24)17-13-23(22-21-17)15-8-10-16(25-2)11-9-15/h4-11,13H,3,12H2,1-2H3,(H,20,24). The lowest BCUT2D eigenvalue weighted by atomic mass is 10.2. The van der Waals surface area contributed by atoms with E-state index in [9.17, 15) is 4.79 Å². The largest absolute Gasteiger partial charge is 0.497 e. The molecule has 7 heteroatoms. The highest BCUT2D eigenvalue weighted by Gasteiger charge is 2.12. The third-order valence-corrected chi connectivity index (χ3v) is 3.77. The fraction of sp³-hybridized carbons (Fsp3) is 0.211. The molecule has 1 N–H and O–H groups in total. The van der Waals surface area contributed by atoms with E-state index in [4.69, 9.17) is 9.47 Å². The molecule has 0 radical (unpaired) electrons. The maximum Gasteiger partial charge on any atom is 0.273 e. The van der Waals surface area contributed by atoms with Crippen LogP contribution >= 0.6 is 0 Å². The molecule has 0 fully saturated rings. The van der Waals surface area contributed by atoms with Gasteiger partial charge >= 0.3 is 0 Å². The van der Waals surface area contributed by atoms with E-state index < -0.39 is 0 Å². The van der Waals surface area contributed by atoms with Crippen LogP contribution in [0.25, 0.3) is 5.69 Å². The zero-order chi connectivity index (χ0) is 18.4. The zero-order valence-electron chi connectivity index (χ0n) is 14.7. The molecule has 2 aromatic carbocycles. The first-order valence-electron chi connectivity index (χ1n) is 8.27. The van der Waals surface area contributed by atoms with Crippen LogP contribution in [0.1, 0.15) is 23.0 Å². The highest BCUT2D eigenvalue weighted by molar-refractivity contribution is 5.91. The van der Waals surface area contributed by atoms with Gasteiger partial charge in [-0.25, -0.2) is 4.68 Å². The van der Waals surface area contributed by atoms with Crippen molar-refractivity contribution in [3.63, 3.8) is 0 Å². The molecular weight excluding hydrogens is 332 g/mol. The van der Waals surface area contributed by atoms with Gasteiger partial charge in [0.1, 0.15) is 11.5 Å². The Balaban J connectivity index is 1.66. The second kappa shape index (κ2) is 8.15. The van der Waals surface area contributed by atoms with Crippen LogP contribution < -0.4 is 14.8 Å². The van der Waals surface area contributed by atoms with Gasteiger partial charge in [-0.05, 0) is 37.3 Å². The molecule has 134 valence electrons. The summed E-state index contributed by atoms with van der Waals surface area (Å²) in [5.41, 5.74) is 1.94. The van der Waals surface area contributed by atoms with E-state index >= 15 is 0 Å². The minimum Gasteiger partial charge on any atom is -0.497 e. The molecular formula is C19H20N4O3. The van der Waals surface area contributed by atoms with Crippen molar-refractivity contribution in [3.8, 4) is 17.2 Å². The predicted octanol–water partition coefficient (Wildman–Crippen LogP) is 2.60.